The zero-order valence-electron chi connectivity index (χ0n) is 10.9. The van der Waals surface area contributed by atoms with Gasteiger partial charge in [-0.3, -0.25) is 4.79 Å². The number of anilines is 1. The number of nitrogens with two attached hydrogens (primary N) is 1. The van der Waals surface area contributed by atoms with Gasteiger partial charge in [-0.05, 0) is 29.8 Å². The lowest BCUT2D eigenvalue weighted by atomic mass is 10.1. The van der Waals surface area contributed by atoms with Gasteiger partial charge >= 0.3 is 0 Å². The maximum absolute atomic E-state index is 12.0. The van der Waals surface area contributed by atoms with Crippen molar-refractivity contribution in [1.29, 1.82) is 5.26 Å². The van der Waals surface area contributed by atoms with Crippen LogP contribution >= 0.6 is 11.6 Å². The summed E-state index contributed by atoms with van der Waals surface area (Å²) in [6, 6.07) is 11.9. The molecule has 1 amide bonds. The average Bonchev–Trinajstić information content (AvgIpc) is 2.52. The maximum Gasteiger partial charge on any atom is 0.251 e. The Hall–Kier alpha value is -2.62. The largest absolute Gasteiger partial charge is 0.348 e. The number of carbonyl (C=O) groups is 1. The Labute approximate surface area is 126 Å². The van der Waals surface area contributed by atoms with Crippen LogP contribution in [-0.2, 0) is 6.54 Å². The topological polar surface area (TPSA) is 104 Å². The second kappa shape index (κ2) is 6.70. The van der Waals surface area contributed by atoms with Crippen molar-refractivity contribution in [2.45, 2.75) is 6.54 Å². The van der Waals surface area contributed by atoms with Crippen molar-refractivity contribution in [3.8, 4) is 6.07 Å². The Balaban J connectivity index is 2.04. The first-order valence-electron chi connectivity index (χ1n) is 6.04. The van der Waals surface area contributed by atoms with Crippen molar-refractivity contribution >= 4 is 23.3 Å². The van der Waals surface area contributed by atoms with Gasteiger partial charge in [-0.25, -0.2) is 10.8 Å². The Morgan fingerprint density at radius 1 is 1.33 bits per heavy atom. The first kappa shape index (κ1) is 14.8. The number of nitrogens with one attached hydrogen (secondary N) is 2. The Bertz CT molecular complexity index is 694. The number of amides is 1. The fraction of sp³-hybridized carbons (Fsp3) is 0.0714. The molecule has 0 radical (unpaired) electrons. The normalized spacial score (nSPS) is 9.76. The lowest BCUT2D eigenvalue weighted by molar-refractivity contribution is 0.0951. The monoisotopic (exact) mass is 301 g/mol. The van der Waals surface area contributed by atoms with E-state index >= 15 is 0 Å². The van der Waals surface area contributed by atoms with Crippen molar-refractivity contribution in [3.63, 3.8) is 0 Å². The average molecular weight is 302 g/mol. The van der Waals surface area contributed by atoms with Crippen LogP contribution in [0.2, 0.25) is 5.15 Å². The van der Waals surface area contributed by atoms with Crippen molar-refractivity contribution in [3.05, 3.63) is 58.2 Å². The van der Waals surface area contributed by atoms with E-state index in [1.165, 1.54) is 12.1 Å². The maximum atomic E-state index is 12.0. The van der Waals surface area contributed by atoms with E-state index in [1.807, 2.05) is 6.07 Å². The van der Waals surface area contributed by atoms with Crippen molar-refractivity contribution < 1.29 is 4.79 Å². The Kier molecular flexibility index (Phi) is 4.72. The number of hydrazine groups is 1. The van der Waals surface area contributed by atoms with Crippen LogP contribution < -0.4 is 16.6 Å². The van der Waals surface area contributed by atoms with Crippen molar-refractivity contribution in [2.75, 3.05) is 5.43 Å². The molecule has 0 aliphatic heterocycles. The predicted octanol–water partition coefficient (Wildman–Crippen LogP) is 1.82. The van der Waals surface area contributed by atoms with Crippen LogP contribution in [-0.4, -0.2) is 10.9 Å². The number of nitrogens with zero attached hydrogens (tertiary/aromatic N) is 2. The number of nitrogen functional groups attached to an aromatic ring is 1. The molecule has 6 nitrogen and oxygen atoms in total. The quantitative estimate of drug-likeness (QED) is 0.454. The molecule has 0 aliphatic rings. The van der Waals surface area contributed by atoms with Gasteiger partial charge in [0.1, 0.15) is 11.0 Å². The van der Waals surface area contributed by atoms with Gasteiger partial charge in [-0.1, -0.05) is 23.7 Å². The highest BCUT2D eigenvalue weighted by molar-refractivity contribution is 6.29. The molecular weight excluding hydrogens is 290 g/mol. The molecule has 0 saturated heterocycles. The summed E-state index contributed by atoms with van der Waals surface area (Å²) in [6.07, 6.45) is 0. The third-order valence-electron chi connectivity index (χ3n) is 2.74. The van der Waals surface area contributed by atoms with Crippen LogP contribution in [0, 0.1) is 11.3 Å². The number of benzene rings is 1. The zero-order chi connectivity index (χ0) is 15.2. The number of aromatic nitrogens is 1. The Morgan fingerprint density at radius 3 is 2.67 bits per heavy atom. The van der Waals surface area contributed by atoms with E-state index in [1.54, 1.807) is 24.3 Å². The van der Waals surface area contributed by atoms with E-state index in [0.717, 1.165) is 5.56 Å². The molecule has 7 heteroatoms. The van der Waals surface area contributed by atoms with E-state index in [2.05, 4.69) is 15.7 Å². The molecule has 2 aromatic rings. The second-order valence-electron chi connectivity index (χ2n) is 4.20. The molecule has 0 aliphatic carbocycles. The molecule has 1 aromatic heterocycles. The zero-order valence-corrected chi connectivity index (χ0v) is 11.7. The molecular formula is C14H12ClN5O. The van der Waals surface area contributed by atoms with E-state index in [9.17, 15) is 4.79 Å². The molecule has 0 fully saturated rings. The SMILES string of the molecule is N#Cc1ccc(CNC(=O)c2cc(Cl)nc(NN)c2)cc1. The van der Waals surface area contributed by atoms with Crippen molar-refractivity contribution in [2.24, 2.45) is 5.84 Å². The first-order chi connectivity index (χ1) is 10.1. The third-order valence-corrected chi connectivity index (χ3v) is 2.93. The van der Waals surface area contributed by atoms with Gasteiger partial charge in [0.15, 0.2) is 0 Å². The summed E-state index contributed by atoms with van der Waals surface area (Å²) < 4.78 is 0. The van der Waals surface area contributed by atoms with Gasteiger partial charge in [0.25, 0.3) is 5.91 Å². The molecule has 0 atom stereocenters. The molecule has 4 N–H and O–H groups in total. The number of carbonyl (C=O) groups excluding carboxylic acids is 1. The van der Waals surface area contributed by atoms with Gasteiger partial charge < -0.3 is 10.7 Å². The highest BCUT2D eigenvalue weighted by Gasteiger charge is 2.09. The van der Waals surface area contributed by atoms with E-state index in [0.29, 0.717) is 23.5 Å². The number of hydrogen-bond acceptors (Lipinski definition) is 5. The summed E-state index contributed by atoms with van der Waals surface area (Å²) in [5, 5.41) is 11.6. The minimum absolute atomic E-state index is 0.175. The second-order valence-corrected chi connectivity index (χ2v) is 4.59. The lowest BCUT2D eigenvalue weighted by Gasteiger charge is -2.07. The first-order valence-corrected chi connectivity index (χ1v) is 6.41. The highest BCUT2D eigenvalue weighted by atomic mass is 35.5. The van der Waals surface area contributed by atoms with Crippen molar-refractivity contribution in [1.82, 2.24) is 10.3 Å². The molecule has 0 saturated carbocycles. The molecule has 0 unspecified atom stereocenters. The predicted molar refractivity (Wildman–Crippen MR) is 79.4 cm³/mol. The van der Waals surface area contributed by atoms with Crippen LogP contribution in [0.1, 0.15) is 21.5 Å². The van der Waals surface area contributed by atoms with Gasteiger partial charge in [-0.2, -0.15) is 5.26 Å². The van der Waals surface area contributed by atoms with Gasteiger partial charge in [0.05, 0.1) is 11.6 Å². The number of rotatable bonds is 4. The van der Waals surface area contributed by atoms with E-state index < -0.39 is 0 Å². The van der Waals surface area contributed by atoms with Gasteiger partial charge in [-0.15, -0.1) is 0 Å². The van der Waals surface area contributed by atoms with Crippen LogP contribution in [0.4, 0.5) is 5.82 Å². The summed E-state index contributed by atoms with van der Waals surface area (Å²) >= 11 is 5.81. The van der Waals surface area contributed by atoms with Crippen LogP contribution in [0.5, 0.6) is 0 Å². The summed E-state index contributed by atoms with van der Waals surface area (Å²) in [5.74, 6) is 5.27. The molecule has 106 valence electrons. The van der Waals surface area contributed by atoms with E-state index in [-0.39, 0.29) is 11.1 Å². The number of hydrogen-bond donors (Lipinski definition) is 3. The fourth-order valence-corrected chi connectivity index (χ4v) is 1.89. The lowest BCUT2D eigenvalue weighted by Crippen LogP contribution is -2.23. The van der Waals surface area contributed by atoms with Crippen LogP contribution in [0.15, 0.2) is 36.4 Å². The van der Waals surface area contributed by atoms with Crippen LogP contribution in [0.3, 0.4) is 0 Å². The molecule has 0 spiro atoms. The highest BCUT2D eigenvalue weighted by Crippen LogP contribution is 2.14. The smallest absolute Gasteiger partial charge is 0.251 e. The summed E-state index contributed by atoms with van der Waals surface area (Å²) in [6.45, 7) is 0.343. The van der Waals surface area contributed by atoms with Gasteiger partial charge in [0.2, 0.25) is 0 Å². The molecule has 1 heterocycles. The van der Waals surface area contributed by atoms with Crippen LogP contribution in [0.25, 0.3) is 0 Å². The number of nitriles is 1. The minimum atomic E-state index is -0.292. The Morgan fingerprint density at radius 2 is 2.05 bits per heavy atom. The molecule has 21 heavy (non-hydrogen) atoms. The standard InChI is InChI=1S/C14H12ClN5O/c15-12-5-11(6-13(19-12)20-17)14(21)18-8-10-3-1-9(7-16)2-4-10/h1-6H,8,17H2,(H,18,21)(H,19,20). The number of pyridine rings is 1. The van der Waals surface area contributed by atoms with Gasteiger partial charge in [0, 0.05) is 12.1 Å². The fourth-order valence-electron chi connectivity index (χ4n) is 1.68. The molecule has 2 rings (SSSR count). The summed E-state index contributed by atoms with van der Waals surface area (Å²) in [7, 11) is 0. The summed E-state index contributed by atoms with van der Waals surface area (Å²) in [4.78, 5) is 15.9. The molecule has 0 bridgehead atoms. The van der Waals surface area contributed by atoms with E-state index in [4.69, 9.17) is 22.7 Å². The minimum Gasteiger partial charge on any atom is -0.348 e. The number of halogens is 1. The molecule has 1 aromatic carbocycles. The summed E-state index contributed by atoms with van der Waals surface area (Å²) in [5.41, 5.74) is 4.16. The third kappa shape index (κ3) is 3.92.